The van der Waals surface area contributed by atoms with Gasteiger partial charge in [-0.1, -0.05) is 143 Å². The second-order valence-corrected chi connectivity index (χ2v) is 38.9. The van der Waals surface area contributed by atoms with E-state index in [4.69, 9.17) is 0 Å². The maximum atomic E-state index is 4.43. The van der Waals surface area contributed by atoms with Gasteiger partial charge in [-0.05, 0) is 146 Å². The molecule has 328 valence electrons. The summed E-state index contributed by atoms with van der Waals surface area (Å²) < 4.78 is 10.3. The molecule has 4 aromatic rings. The summed E-state index contributed by atoms with van der Waals surface area (Å²) >= 11 is 0. The largest absolute Gasteiger partial charge is 0.400 e. The molecule has 4 nitrogen and oxygen atoms in total. The fourth-order valence-corrected chi connectivity index (χ4v) is 20.3. The van der Waals surface area contributed by atoms with Gasteiger partial charge in [-0.15, -0.1) is 0 Å². The van der Waals surface area contributed by atoms with Crippen molar-refractivity contribution in [3.05, 3.63) is 132 Å². The van der Waals surface area contributed by atoms with Crippen molar-refractivity contribution in [2.24, 2.45) is 0 Å². The van der Waals surface area contributed by atoms with Gasteiger partial charge in [0.2, 0.25) is 0 Å². The zero-order valence-electron chi connectivity index (χ0n) is 41.1. The molecule has 0 saturated heterocycles. The van der Waals surface area contributed by atoms with Gasteiger partial charge >= 0.3 is 0 Å². The number of rotatable bonds is 20. The van der Waals surface area contributed by atoms with E-state index in [0.717, 1.165) is 24.2 Å². The summed E-state index contributed by atoms with van der Waals surface area (Å²) in [7, 11) is -0.932. The van der Waals surface area contributed by atoms with E-state index in [1.165, 1.54) is 81.3 Å². The molecule has 0 aromatic heterocycles. The van der Waals surface area contributed by atoms with Crippen LogP contribution in [0.3, 0.4) is 0 Å². The molecule has 8 heteroatoms. The van der Waals surface area contributed by atoms with Crippen molar-refractivity contribution in [3.63, 3.8) is 0 Å². The predicted octanol–water partition coefficient (Wildman–Crippen LogP) is 15.7. The average Bonchev–Trinajstić information content (AvgIpc) is 3.25. The Balaban J connectivity index is 0.000000323. The molecule has 60 heavy (non-hydrogen) atoms. The van der Waals surface area contributed by atoms with Crippen molar-refractivity contribution in [3.8, 4) is 0 Å². The summed E-state index contributed by atoms with van der Waals surface area (Å²) in [6.45, 7) is 43.9. The number of nitrogens with zero attached hydrogens (tertiary/aromatic N) is 4. The molecule has 0 radical (unpaired) electrons. The van der Waals surface area contributed by atoms with Crippen LogP contribution in [0.4, 0.5) is 22.7 Å². The Morgan fingerprint density at radius 3 is 0.733 bits per heavy atom. The molecule has 0 aliphatic heterocycles. The van der Waals surface area contributed by atoms with E-state index in [2.05, 4.69) is 237 Å². The maximum Gasteiger partial charge on any atom is 0.155 e. The van der Waals surface area contributed by atoms with E-state index in [9.17, 15) is 0 Å². The zero-order chi connectivity index (χ0) is 45.1. The van der Waals surface area contributed by atoms with Crippen molar-refractivity contribution >= 4 is 66.8 Å². The van der Waals surface area contributed by atoms with Crippen LogP contribution in [0.25, 0.3) is 11.1 Å². The van der Waals surface area contributed by atoms with Gasteiger partial charge in [0.05, 0.1) is 0 Å². The lowest BCUT2D eigenvalue weighted by atomic mass is 9.99. The zero-order valence-corrected chi connectivity index (χ0v) is 45.1. The summed E-state index contributed by atoms with van der Waals surface area (Å²) in [5.74, 6) is 0. The smallest absolute Gasteiger partial charge is 0.155 e. The Bertz CT molecular complexity index is 1760. The van der Waals surface area contributed by atoms with Gasteiger partial charge in [0, 0.05) is 35.8 Å². The Kier molecular flexibility index (Phi) is 18.6. The second-order valence-electron chi connectivity index (χ2n) is 18.7. The molecule has 0 fully saturated rings. The minimum atomic E-state index is -1.40. The van der Waals surface area contributed by atoms with Crippen LogP contribution in [-0.4, -0.2) is 60.1 Å². The third kappa shape index (κ3) is 11.9. The Hall–Kier alpha value is -3.57. The van der Waals surface area contributed by atoms with Crippen molar-refractivity contribution in [1.29, 1.82) is 0 Å². The minimum absolute atomic E-state index is 1.06. The standard InChI is InChI=1S/C28H46N2Si2.C24H38N2Si2/c1-10-31(11-2,12-3)29(8)27-20-16-25(17-21-27)24(7)26-18-22-28(23-19-26)30(9)32(13-4,14-5)15-6;1-10-25(27(4,5)6)23-16-12-21(13-17-23)20(3)22-14-18-24(19-15-22)26(11-2)28(7,8)9/h16-23H,7,10-15H2,1-6,8-9H3;12-19H,3,10-11H2,1-2,4-9H3. The molecule has 4 rings (SSSR count). The maximum absolute atomic E-state index is 4.43. The highest BCUT2D eigenvalue weighted by atomic mass is 28.3. The van der Waals surface area contributed by atoms with Gasteiger partial charge in [-0.25, -0.2) is 0 Å². The van der Waals surface area contributed by atoms with Gasteiger partial charge in [-0.2, -0.15) is 0 Å². The monoisotopic (exact) mass is 877 g/mol. The van der Waals surface area contributed by atoms with Crippen molar-refractivity contribution in [2.75, 3.05) is 45.4 Å². The van der Waals surface area contributed by atoms with Crippen LogP contribution in [0.5, 0.6) is 0 Å². The third-order valence-electron chi connectivity index (χ3n) is 13.9. The van der Waals surface area contributed by atoms with Gasteiger partial charge in [0.15, 0.2) is 16.5 Å². The highest BCUT2D eigenvalue weighted by molar-refractivity contribution is 6.83. The number of hydrogen-bond acceptors (Lipinski definition) is 4. The molecule has 0 N–H and O–H groups in total. The van der Waals surface area contributed by atoms with E-state index in [1.807, 2.05) is 0 Å². The molecule has 0 aliphatic rings. The topological polar surface area (TPSA) is 13.0 Å². The number of benzene rings is 4. The van der Waals surface area contributed by atoms with E-state index in [-0.39, 0.29) is 0 Å². The molecular formula is C52H84N4Si4. The molecular weight excluding hydrogens is 793 g/mol. The number of anilines is 4. The number of hydrogen-bond donors (Lipinski definition) is 0. The summed E-state index contributed by atoms with van der Waals surface area (Å²) in [5.41, 5.74) is 12.3. The first kappa shape index (κ1) is 50.8. The van der Waals surface area contributed by atoms with Crippen LogP contribution in [0.15, 0.2) is 110 Å². The second kappa shape index (κ2) is 22.0. The molecule has 0 aliphatic carbocycles. The van der Waals surface area contributed by atoms with Crippen LogP contribution >= 0.6 is 0 Å². The molecule has 0 unspecified atom stereocenters. The fourth-order valence-electron chi connectivity index (χ4n) is 9.35. The Morgan fingerprint density at radius 2 is 0.567 bits per heavy atom. The van der Waals surface area contributed by atoms with E-state index < -0.39 is 32.9 Å². The first-order valence-corrected chi connectivity index (χ1v) is 35.1. The van der Waals surface area contributed by atoms with Gasteiger partial charge < -0.3 is 18.3 Å². The molecule has 0 bridgehead atoms. The molecule has 0 amide bonds. The van der Waals surface area contributed by atoms with Gasteiger partial charge in [-0.3, -0.25) is 0 Å². The third-order valence-corrected chi connectivity index (χ3v) is 29.5. The summed E-state index contributed by atoms with van der Waals surface area (Å²) in [6, 6.07) is 43.8. The van der Waals surface area contributed by atoms with E-state index >= 15 is 0 Å². The van der Waals surface area contributed by atoms with Gasteiger partial charge in [0.1, 0.15) is 16.5 Å². The van der Waals surface area contributed by atoms with Crippen molar-refractivity contribution in [2.45, 2.75) is 131 Å². The van der Waals surface area contributed by atoms with Crippen LogP contribution in [0.2, 0.25) is 75.5 Å². The highest BCUT2D eigenvalue weighted by Gasteiger charge is 2.34. The summed E-state index contributed by atoms with van der Waals surface area (Å²) in [4.78, 5) is 0. The summed E-state index contributed by atoms with van der Waals surface area (Å²) in [6.07, 6.45) is 0. The Labute approximate surface area is 373 Å². The SMILES string of the molecule is C=C(c1ccc(N(C)[Si](CC)(CC)CC)cc1)c1ccc(N(C)[Si](CC)(CC)CC)cc1.C=C(c1ccc(N(CC)[Si](C)(C)C)cc1)c1ccc(N(CC)[Si](C)(C)C)cc1. The Morgan fingerprint density at radius 1 is 0.367 bits per heavy atom. The minimum Gasteiger partial charge on any atom is -0.400 e. The van der Waals surface area contributed by atoms with Crippen LogP contribution in [-0.2, 0) is 0 Å². The highest BCUT2D eigenvalue weighted by Crippen LogP contribution is 2.34. The van der Waals surface area contributed by atoms with Crippen LogP contribution < -0.4 is 18.3 Å². The van der Waals surface area contributed by atoms with Crippen LogP contribution in [0, 0.1) is 0 Å². The average molecular weight is 878 g/mol. The van der Waals surface area contributed by atoms with E-state index in [0.29, 0.717) is 0 Å². The molecule has 0 atom stereocenters. The fraction of sp³-hybridized carbons (Fsp3) is 0.462. The normalized spacial score (nSPS) is 12.0. The molecule has 0 saturated carbocycles. The van der Waals surface area contributed by atoms with E-state index in [1.54, 1.807) is 0 Å². The lowest BCUT2D eigenvalue weighted by Crippen LogP contribution is -2.50. The molecule has 0 heterocycles. The first-order chi connectivity index (χ1) is 28.3. The first-order valence-electron chi connectivity index (χ1n) is 23.1. The van der Waals surface area contributed by atoms with Gasteiger partial charge in [0.25, 0.3) is 0 Å². The van der Waals surface area contributed by atoms with Crippen LogP contribution in [0.1, 0.15) is 77.6 Å². The lowest BCUT2D eigenvalue weighted by Gasteiger charge is -2.40. The molecule has 0 spiro atoms. The summed E-state index contributed by atoms with van der Waals surface area (Å²) in [5, 5.41) is 0. The quantitative estimate of drug-likeness (QED) is 0.0820. The van der Waals surface area contributed by atoms with Crippen molar-refractivity contribution in [1.82, 2.24) is 0 Å². The predicted molar refractivity (Wildman–Crippen MR) is 286 cm³/mol. The van der Waals surface area contributed by atoms with Crippen molar-refractivity contribution < 1.29 is 0 Å². The lowest BCUT2D eigenvalue weighted by molar-refractivity contribution is 1.05. The molecule has 4 aromatic carbocycles.